The van der Waals surface area contributed by atoms with Crippen LogP contribution in [0.2, 0.25) is 0 Å². The number of halogens is 3. The van der Waals surface area contributed by atoms with E-state index in [4.69, 9.17) is 9.15 Å². The number of hydrogen-bond acceptors (Lipinski definition) is 4. The van der Waals surface area contributed by atoms with E-state index >= 15 is 0 Å². The molecule has 1 aliphatic rings. The third-order valence-corrected chi connectivity index (χ3v) is 5.89. The van der Waals surface area contributed by atoms with Crippen molar-refractivity contribution in [2.24, 2.45) is 0 Å². The molecule has 5 nitrogen and oxygen atoms in total. The summed E-state index contributed by atoms with van der Waals surface area (Å²) < 4.78 is 52.4. The van der Waals surface area contributed by atoms with Gasteiger partial charge in [-0.05, 0) is 55.5 Å². The number of likely N-dealkylation sites (tertiary alicyclic amines) is 1. The molecule has 170 valence electrons. The summed E-state index contributed by atoms with van der Waals surface area (Å²) in [6.07, 6.45) is -1.07. The molecule has 1 aromatic heterocycles. The molecule has 1 saturated heterocycles. The summed E-state index contributed by atoms with van der Waals surface area (Å²) >= 11 is 0. The highest BCUT2D eigenvalue weighted by Crippen LogP contribution is 2.39. The number of aromatic hydroxyl groups is 1. The molecule has 3 aromatic rings. The van der Waals surface area contributed by atoms with Crippen LogP contribution in [0.3, 0.4) is 0 Å². The average molecular weight is 448 g/mol. The van der Waals surface area contributed by atoms with Gasteiger partial charge in [0.2, 0.25) is 11.2 Å². The van der Waals surface area contributed by atoms with Gasteiger partial charge in [-0.25, -0.2) is 0 Å². The van der Waals surface area contributed by atoms with Crippen molar-refractivity contribution >= 4 is 11.0 Å². The number of hydrogen-bond donors (Lipinski definition) is 2. The number of fused-ring (bicyclic) bond motifs is 1. The Kier molecular flexibility index (Phi) is 6.15. The second-order valence-electron chi connectivity index (χ2n) is 8.11. The predicted molar refractivity (Wildman–Crippen MR) is 113 cm³/mol. The Hall–Kier alpha value is -3.00. The minimum atomic E-state index is -4.95. The van der Waals surface area contributed by atoms with Crippen molar-refractivity contribution in [2.45, 2.75) is 45.3 Å². The first kappa shape index (κ1) is 22.2. The Morgan fingerprint density at radius 1 is 1.06 bits per heavy atom. The molecule has 8 heteroatoms. The first-order valence-electron chi connectivity index (χ1n) is 10.8. The van der Waals surface area contributed by atoms with E-state index in [9.17, 15) is 23.1 Å². The summed E-state index contributed by atoms with van der Waals surface area (Å²) in [5, 5.41) is 10.3. The Bertz CT molecular complexity index is 1160. The van der Waals surface area contributed by atoms with E-state index in [1.807, 2.05) is 6.92 Å². The molecule has 2 N–H and O–H groups in total. The number of phenolic OH excluding ortho intramolecular Hbond substituents is 1. The number of ether oxygens (including phenoxy) is 1. The van der Waals surface area contributed by atoms with Crippen LogP contribution in [0.25, 0.3) is 11.0 Å². The van der Waals surface area contributed by atoms with Gasteiger partial charge in [-0.1, -0.05) is 19.1 Å². The lowest BCUT2D eigenvalue weighted by atomic mass is 10.1. The molecule has 4 rings (SSSR count). The lowest BCUT2D eigenvalue weighted by Gasteiger charge is -2.24. The second-order valence-corrected chi connectivity index (χ2v) is 8.11. The van der Waals surface area contributed by atoms with Gasteiger partial charge in [0.15, 0.2) is 5.58 Å². The molecule has 0 aliphatic carbocycles. The summed E-state index contributed by atoms with van der Waals surface area (Å²) in [5.74, 6) is -2.49. The number of quaternary nitrogens is 1. The van der Waals surface area contributed by atoms with Crippen LogP contribution >= 0.6 is 0 Å². The zero-order valence-corrected chi connectivity index (χ0v) is 17.7. The minimum Gasteiger partial charge on any atom is -0.507 e. The number of rotatable bonds is 5. The van der Waals surface area contributed by atoms with Gasteiger partial charge in [0.05, 0.1) is 24.0 Å². The van der Waals surface area contributed by atoms with Crippen LogP contribution in [0.5, 0.6) is 17.2 Å². The molecular formula is C24H25F3NO4+. The van der Waals surface area contributed by atoms with Crippen LogP contribution in [0.15, 0.2) is 45.6 Å². The second kappa shape index (κ2) is 8.86. The highest BCUT2D eigenvalue weighted by Gasteiger charge is 2.41. The molecule has 0 bridgehead atoms. The Labute approximate surface area is 183 Å². The summed E-state index contributed by atoms with van der Waals surface area (Å²) in [4.78, 5) is 14.2. The van der Waals surface area contributed by atoms with Gasteiger partial charge in [0, 0.05) is 0 Å². The Morgan fingerprint density at radius 2 is 1.75 bits per heavy atom. The number of nitrogens with one attached hydrogen (secondary N) is 1. The van der Waals surface area contributed by atoms with Gasteiger partial charge < -0.3 is 19.2 Å². The molecule has 0 saturated carbocycles. The number of benzene rings is 2. The third-order valence-electron chi connectivity index (χ3n) is 5.89. The normalized spacial score (nSPS) is 15.2. The smallest absolute Gasteiger partial charge is 0.453 e. The average Bonchev–Trinajstić information content (AvgIpc) is 2.78. The summed E-state index contributed by atoms with van der Waals surface area (Å²) in [5.41, 5.74) is 0.0298. The summed E-state index contributed by atoms with van der Waals surface area (Å²) in [7, 11) is 0. The lowest BCUT2D eigenvalue weighted by Crippen LogP contribution is -3.11. The minimum absolute atomic E-state index is 0.0533. The van der Waals surface area contributed by atoms with Crippen LogP contribution in [0.4, 0.5) is 13.2 Å². The maximum atomic E-state index is 13.9. The zero-order chi connectivity index (χ0) is 22.9. The van der Waals surface area contributed by atoms with Gasteiger partial charge in [-0.3, -0.25) is 4.79 Å². The quantitative estimate of drug-likeness (QED) is 0.606. The van der Waals surface area contributed by atoms with E-state index in [2.05, 4.69) is 0 Å². The molecule has 1 aliphatic heterocycles. The molecule has 0 spiro atoms. The molecule has 2 aromatic carbocycles. The van der Waals surface area contributed by atoms with Crippen molar-refractivity contribution in [1.29, 1.82) is 0 Å². The van der Waals surface area contributed by atoms with Crippen molar-refractivity contribution in [1.82, 2.24) is 0 Å². The maximum absolute atomic E-state index is 13.9. The third kappa shape index (κ3) is 4.46. The van der Waals surface area contributed by atoms with Crippen molar-refractivity contribution in [3.63, 3.8) is 0 Å². The van der Waals surface area contributed by atoms with Gasteiger partial charge in [-0.15, -0.1) is 0 Å². The van der Waals surface area contributed by atoms with Gasteiger partial charge >= 0.3 is 6.18 Å². The standard InChI is InChI=1S/C24H24F3NO4/c1-2-15-6-8-16(9-7-15)31-22-20(30)17-10-11-19(29)18(14-28-12-4-3-5-13-28)21(17)32-23(22)24(25,26)27/h6-11,29H,2-5,12-14H2,1H3/p+1. The summed E-state index contributed by atoms with van der Waals surface area (Å²) in [6, 6.07) is 9.09. The zero-order valence-electron chi connectivity index (χ0n) is 17.7. The van der Waals surface area contributed by atoms with Gasteiger partial charge in [-0.2, -0.15) is 13.2 Å². The monoisotopic (exact) mass is 448 g/mol. The van der Waals surface area contributed by atoms with E-state index in [-0.39, 0.29) is 34.6 Å². The van der Waals surface area contributed by atoms with E-state index in [0.717, 1.165) is 49.2 Å². The largest absolute Gasteiger partial charge is 0.507 e. The topological polar surface area (TPSA) is 64.1 Å². The van der Waals surface area contributed by atoms with E-state index in [1.54, 1.807) is 12.1 Å². The van der Waals surface area contributed by atoms with Crippen LogP contribution in [0.1, 0.15) is 43.1 Å². The molecule has 2 heterocycles. The SMILES string of the molecule is CCc1ccc(Oc2c(C(F)(F)F)oc3c(C[NH+]4CCCCC4)c(O)ccc3c2=O)cc1. The summed E-state index contributed by atoms with van der Waals surface area (Å²) in [6.45, 7) is 3.93. The number of aryl methyl sites for hydroxylation is 1. The van der Waals surface area contributed by atoms with Crippen LogP contribution in [0, 0.1) is 0 Å². The number of alkyl halides is 3. The highest BCUT2D eigenvalue weighted by molar-refractivity contribution is 5.83. The Balaban J connectivity index is 1.84. The van der Waals surface area contributed by atoms with Crippen molar-refractivity contribution < 1.29 is 32.3 Å². The Morgan fingerprint density at radius 3 is 2.38 bits per heavy atom. The molecule has 1 fully saturated rings. The lowest BCUT2D eigenvalue weighted by molar-refractivity contribution is -0.918. The molecular weight excluding hydrogens is 423 g/mol. The fourth-order valence-electron chi connectivity index (χ4n) is 4.13. The first-order valence-corrected chi connectivity index (χ1v) is 10.8. The van der Waals surface area contributed by atoms with Crippen LogP contribution in [-0.2, 0) is 19.1 Å². The maximum Gasteiger partial charge on any atom is 0.453 e. The van der Waals surface area contributed by atoms with Gasteiger partial charge in [0.25, 0.3) is 5.76 Å². The molecule has 0 amide bonds. The van der Waals surface area contributed by atoms with Crippen molar-refractivity contribution in [3.8, 4) is 17.2 Å². The van der Waals surface area contributed by atoms with E-state index in [0.29, 0.717) is 0 Å². The molecule has 32 heavy (non-hydrogen) atoms. The van der Waals surface area contributed by atoms with Crippen LogP contribution in [-0.4, -0.2) is 18.2 Å². The number of phenols is 1. The fraction of sp³-hybridized carbons (Fsp3) is 0.375. The highest BCUT2D eigenvalue weighted by atomic mass is 19.4. The van der Waals surface area contributed by atoms with Crippen molar-refractivity contribution in [2.75, 3.05) is 13.1 Å². The molecule has 0 atom stereocenters. The fourth-order valence-corrected chi connectivity index (χ4v) is 4.13. The van der Waals surface area contributed by atoms with Crippen LogP contribution < -0.4 is 15.1 Å². The number of piperidine rings is 1. The van der Waals surface area contributed by atoms with E-state index in [1.165, 1.54) is 24.3 Å². The van der Waals surface area contributed by atoms with E-state index < -0.39 is 23.1 Å². The molecule has 0 radical (unpaired) electrons. The molecule has 0 unspecified atom stereocenters. The van der Waals surface area contributed by atoms with Crippen molar-refractivity contribution in [3.05, 3.63) is 63.5 Å². The van der Waals surface area contributed by atoms with Gasteiger partial charge in [0.1, 0.15) is 18.0 Å². The first-order chi connectivity index (χ1) is 15.3. The predicted octanol–water partition coefficient (Wildman–Crippen LogP) is 4.44.